The van der Waals surface area contributed by atoms with Crippen molar-refractivity contribution in [2.24, 2.45) is 0 Å². The Kier molecular flexibility index (Phi) is 32.8. The van der Waals surface area contributed by atoms with Crippen LogP contribution in [-0.2, 0) is 33.2 Å². The van der Waals surface area contributed by atoms with Crippen LogP contribution in [0.4, 0.5) is 0 Å². The van der Waals surface area contributed by atoms with Crippen LogP contribution in [0.2, 0.25) is 0 Å². The van der Waals surface area contributed by atoms with E-state index in [0.29, 0.717) is 12.8 Å². The van der Waals surface area contributed by atoms with Crippen LogP contribution in [0.1, 0.15) is 104 Å². The number of carbonyl (C=O) groups is 1. The number of rotatable bonds is 34. The number of amides is 1. The maximum absolute atomic E-state index is 13.2. The molecular weight excluding hydrogens is 951 g/mol. The second-order valence-corrected chi connectivity index (χ2v) is 18.2. The summed E-state index contributed by atoms with van der Waals surface area (Å²) >= 11 is 0. The average molecular weight is 1040 g/mol. The Morgan fingerprint density at radius 1 is 0.507 bits per heavy atom. The molecule has 416 valence electrons. The number of nitrogens with one attached hydrogen (secondary N) is 1. The molecule has 0 aromatic heterocycles. The third-order valence-electron chi connectivity index (χ3n) is 12.4. The molecule has 0 aliphatic carbocycles. The van der Waals surface area contributed by atoms with Crippen molar-refractivity contribution in [2.45, 2.75) is 208 Å². The zero-order valence-corrected chi connectivity index (χ0v) is 42.6. The normalized spacial score (nSPS) is 32.5. The summed E-state index contributed by atoms with van der Waals surface area (Å²) in [6, 6.07) is -1.05. The number of hydrogen-bond acceptors (Lipinski definition) is 18. The molecule has 0 spiro atoms. The second kappa shape index (κ2) is 37.5. The molecule has 0 aromatic carbocycles. The molecule has 3 aliphatic heterocycles. The van der Waals surface area contributed by atoms with Gasteiger partial charge >= 0.3 is 0 Å². The molecule has 0 bridgehead atoms. The molecule has 3 saturated heterocycles. The number of unbranched alkanes of at least 4 members (excludes halogenated alkanes) is 5. The van der Waals surface area contributed by atoms with Gasteiger partial charge in [-0.05, 0) is 70.6 Å². The van der Waals surface area contributed by atoms with Gasteiger partial charge in [0, 0.05) is 6.42 Å². The summed E-state index contributed by atoms with van der Waals surface area (Å²) in [6.07, 6.45) is 17.3. The Labute approximate surface area is 431 Å². The summed E-state index contributed by atoms with van der Waals surface area (Å²) in [6.45, 7) is 1.41. The molecule has 3 rings (SSSR count). The fourth-order valence-corrected chi connectivity index (χ4v) is 8.05. The molecule has 17 atom stereocenters. The van der Waals surface area contributed by atoms with Gasteiger partial charge in [0.25, 0.3) is 0 Å². The highest BCUT2D eigenvalue weighted by molar-refractivity contribution is 5.77. The van der Waals surface area contributed by atoms with Gasteiger partial charge in [0.05, 0.1) is 38.6 Å². The van der Waals surface area contributed by atoms with Crippen molar-refractivity contribution in [3.8, 4) is 0 Å². The van der Waals surface area contributed by atoms with Crippen molar-refractivity contribution in [1.82, 2.24) is 5.32 Å². The maximum atomic E-state index is 13.2. The highest BCUT2D eigenvalue weighted by Gasteiger charge is 2.53. The third-order valence-corrected chi connectivity index (χ3v) is 12.4. The predicted octanol–water partition coefficient (Wildman–Crippen LogP) is 2.25. The standard InChI is InChI=1S/C54H87NO18/c1-3-5-7-9-11-13-15-17-18-20-22-24-26-28-30-32-42(60)55-37(38(59)31-29-27-25-23-21-19-16-14-12-10-8-6-4-2)36-68-52-48(66)45(63)50(40(34-57)70-52)73-54-49(67)46(64)51(41(35-58)71-54)72-53-47(65)44(62)43(61)39(33-56)69-53/h5,7,11-14,17-18,21-24,28-31,37-41,43-54,56-59,61-67H,3-4,6,8-10,15-16,19-20,25-27,32-36H2,1-2H3,(H,55,60)/b7-5-,13-11-,14-12+,18-17-,23-21+,24-22-,30-28-,31-29+. The SMILES string of the molecule is CC/C=C\C/C=C\C/C=C\C/C=C\C/C=C\CC(=O)NC(COC1OC(CO)C(OC2OC(CO)C(OC3OC(CO)C(O)C(O)C3O)C(O)C2O)C(O)C1O)C(O)/C=C/CC/C=C/CC/C=C/CCCCC. The first-order valence-corrected chi connectivity index (χ1v) is 26.0. The quantitative estimate of drug-likeness (QED) is 0.0325. The third kappa shape index (κ3) is 22.8. The summed E-state index contributed by atoms with van der Waals surface area (Å²) in [5.41, 5.74) is 0. The molecule has 19 heteroatoms. The summed E-state index contributed by atoms with van der Waals surface area (Å²) in [7, 11) is 0. The summed E-state index contributed by atoms with van der Waals surface area (Å²) in [5, 5.41) is 119. The van der Waals surface area contributed by atoms with Gasteiger partial charge in [-0.25, -0.2) is 0 Å². The molecule has 0 radical (unpaired) electrons. The smallest absolute Gasteiger partial charge is 0.224 e. The van der Waals surface area contributed by atoms with Gasteiger partial charge in [0.2, 0.25) is 5.91 Å². The minimum Gasteiger partial charge on any atom is -0.394 e. The average Bonchev–Trinajstić information content (AvgIpc) is 3.39. The highest BCUT2D eigenvalue weighted by atomic mass is 16.8. The lowest BCUT2D eigenvalue weighted by molar-refractivity contribution is -0.379. The molecule has 1 amide bonds. The van der Waals surface area contributed by atoms with E-state index < -0.39 is 137 Å². The summed E-state index contributed by atoms with van der Waals surface area (Å²) in [4.78, 5) is 13.2. The van der Waals surface area contributed by atoms with Crippen molar-refractivity contribution in [2.75, 3.05) is 26.4 Å². The molecule has 3 fully saturated rings. The van der Waals surface area contributed by atoms with Crippen molar-refractivity contribution in [1.29, 1.82) is 0 Å². The number of aliphatic hydroxyl groups excluding tert-OH is 11. The van der Waals surface area contributed by atoms with Crippen LogP contribution >= 0.6 is 0 Å². The van der Waals surface area contributed by atoms with Gasteiger partial charge in [-0.15, -0.1) is 0 Å². The van der Waals surface area contributed by atoms with Gasteiger partial charge < -0.3 is 89.9 Å². The van der Waals surface area contributed by atoms with E-state index in [1.165, 1.54) is 25.3 Å². The monoisotopic (exact) mass is 1040 g/mol. The molecule has 3 heterocycles. The van der Waals surface area contributed by atoms with Crippen molar-refractivity contribution in [3.05, 3.63) is 97.2 Å². The van der Waals surface area contributed by atoms with E-state index in [9.17, 15) is 61.0 Å². The lowest BCUT2D eigenvalue weighted by Crippen LogP contribution is -2.66. The maximum Gasteiger partial charge on any atom is 0.224 e. The van der Waals surface area contributed by atoms with E-state index in [1.54, 1.807) is 12.2 Å². The minimum atomic E-state index is -1.99. The Hall–Kier alpha value is -3.29. The van der Waals surface area contributed by atoms with Gasteiger partial charge in [0.1, 0.15) is 73.2 Å². The van der Waals surface area contributed by atoms with Gasteiger partial charge in [-0.3, -0.25) is 4.79 Å². The molecule has 0 saturated carbocycles. The molecule has 19 nitrogen and oxygen atoms in total. The molecule has 12 N–H and O–H groups in total. The lowest BCUT2D eigenvalue weighted by atomic mass is 9.96. The van der Waals surface area contributed by atoms with Crippen LogP contribution < -0.4 is 5.32 Å². The zero-order chi connectivity index (χ0) is 53.4. The van der Waals surface area contributed by atoms with Crippen LogP contribution in [-0.4, -0.2) is 193 Å². The first-order valence-electron chi connectivity index (χ1n) is 26.0. The van der Waals surface area contributed by atoms with Crippen LogP contribution in [0.5, 0.6) is 0 Å². The fourth-order valence-electron chi connectivity index (χ4n) is 8.05. The van der Waals surface area contributed by atoms with Crippen molar-refractivity contribution in [3.63, 3.8) is 0 Å². The van der Waals surface area contributed by atoms with E-state index >= 15 is 0 Å². The zero-order valence-electron chi connectivity index (χ0n) is 42.6. The van der Waals surface area contributed by atoms with Gasteiger partial charge in [-0.1, -0.05) is 124 Å². The minimum absolute atomic E-state index is 0.00635. The molecule has 73 heavy (non-hydrogen) atoms. The Morgan fingerprint density at radius 3 is 1.45 bits per heavy atom. The van der Waals surface area contributed by atoms with E-state index in [-0.39, 0.29) is 6.42 Å². The topological polar surface area (TPSA) is 307 Å². The molecule has 0 aromatic rings. The fraction of sp³-hybridized carbons (Fsp3) is 0.685. The predicted molar refractivity (Wildman–Crippen MR) is 272 cm³/mol. The first kappa shape index (κ1) is 64.0. The highest BCUT2D eigenvalue weighted by Crippen LogP contribution is 2.33. The summed E-state index contributed by atoms with van der Waals surface area (Å²) < 4.78 is 34.0. The van der Waals surface area contributed by atoms with E-state index in [0.717, 1.165) is 51.4 Å². The first-order chi connectivity index (χ1) is 35.3. The Bertz CT molecular complexity index is 1720. The van der Waals surface area contributed by atoms with E-state index in [1.807, 2.05) is 18.2 Å². The molecule has 17 unspecified atom stereocenters. The van der Waals surface area contributed by atoms with Gasteiger partial charge in [-0.2, -0.15) is 0 Å². The number of aliphatic hydroxyl groups is 11. The number of allylic oxidation sites excluding steroid dienone is 14. The van der Waals surface area contributed by atoms with Crippen molar-refractivity contribution < 1.29 is 89.4 Å². The molecule has 3 aliphatic rings. The Balaban J connectivity index is 1.61. The van der Waals surface area contributed by atoms with Crippen LogP contribution in [0.25, 0.3) is 0 Å². The van der Waals surface area contributed by atoms with E-state index in [4.69, 9.17) is 28.4 Å². The van der Waals surface area contributed by atoms with Crippen molar-refractivity contribution >= 4 is 5.91 Å². The van der Waals surface area contributed by atoms with Crippen LogP contribution in [0, 0.1) is 0 Å². The second-order valence-electron chi connectivity index (χ2n) is 18.2. The number of hydrogen-bond donors (Lipinski definition) is 12. The molecular formula is C54H87NO18. The lowest BCUT2D eigenvalue weighted by Gasteiger charge is -2.48. The van der Waals surface area contributed by atoms with Gasteiger partial charge in [0.15, 0.2) is 18.9 Å². The van der Waals surface area contributed by atoms with E-state index in [2.05, 4.69) is 79.9 Å². The largest absolute Gasteiger partial charge is 0.394 e. The summed E-state index contributed by atoms with van der Waals surface area (Å²) in [5.74, 6) is -0.424. The number of ether oxygens (including phenoxy) is 6. The Morgan fingerprint density at radius 2 is 0.945 bits per heavy atom. The number of carbonyl (C=O) groups excluding carboxylic acids is 1. The van der Waals surface area contributed by atoms with Crippen LogP contribution in [0.15, 0.2) is 97.2 Å². The van der Waals surface area contributed by atoms with Crippen LogP contribution in [0.3, 0.4) is 0 Å².